The van der Waals surface area contributed by atoms with Gasteiger partial charge in [-0.2, -0.15) is 0 Å². The Hall–Kier alpha value is -0.670. The van der Waals surface area contributed by atoms with Crippen LogP contribution in [-0.2, 0) is 0 Å². The summed E-state index contributed by atoms with van der Waals surface area (Å²) >= 11 is 22.6. The van der Waals surface area contributed by atoms with Gasteiger partial charge in [0, 0.05) is 15.2 Å². The molecule has 0 bridgehead atoms. The van der Waals surface area contributed by atoms with Crippen LogP contribution in [0.25, 0.3) is 0 Å². The maximum Gasteiger partial charge on any atom is 0.104 e. The lowest BCUT2D eigenvalue weighted by Crippen LogP contribution is -2.13. The largest absolute Gasteiger partial charge is 0.108 e. The van der Waals surface area contributed by atoms with E-state index in [0.29, 0.717) is 10.5 Å². The first-order chi connectivity index (χ1) is 18.2. The van der Waals surface area contributed by atoms with E-state index < -0.39 is 0 Å². The monoisotopic (exact) mass is 666 g/mol. The summed E-state index contributed by atoms with van der Waals surface area (Å²) in [6.07, 6.45) is 1.92. The van der Waals surface area contributed by atoms with Crippen molar-refractivity contribution in [2.45, 2.75) is 71.1 Å². The zero-order valence-electron chi connectivity index (χ0n) is 24.2. The Labute approximate surface area is 279 Å². The second-order valence-electron chi connectivity index (χ2n) is 9.11. The van der Waals surface area contributed by atoms with Gasteiger partial charge in [-0.3, -0.25) is 0 Å². The molecule has 0 N–H and O–H groups in total. The molecule has 2 aromatic rings. The van der Waals surface area contributed by atoms with Crippen LogP contribution in [-0.4, -0.2) is 32.9 Å². The van der Waals surface area contributed by atoms with Crippen molar-refractivity contribution in [2.75, 3.05) is 5.75 Å². The molecule has 0 saturated carbocycles. The van der Waals surface area contributed by atoms with Crippen molar-refractivity contribution < 1.29 is 0 Å². The SMILES string of the molecule is C.C=C(C)C(C)SC(=S)SCC.C=C(C)C(C)SC(=S)c1ccccc1.C=CC(C)(C)SC(=S)c1ccccc1. The van der Waals surface area contributed by atoms with E-state index in [1.54, 1.807) is 47.0 Å². The molecule has 2 aromatic carbocycles. The fraction of sp³-hybridized carbons (Fsp3) is 0.364. The lowest BCUT2D eigenvalue weighted by molar-refractivity contribution is 0.908. The van der Waals surface area contributed by atoms with E-state index in [1.165, 1.54) is 5.57 Å². The average Bonchev–Trinajstić information content (AvgIpc) is 2.90. The van der Waals surface area contributed by atoms with Gasteiger partial charge in [0.1, 0.15) is 3.53 Å². The first kappa shape index (κ1) is 41.5. The van der Waals surface area contributed by atoms with Gasteiger partial charge < -0.3 is 0 Å². The predicted molar refractivity (Wildman–Crippen MR) is 209 cm³/mol. The zero-order valence-corrected chi connectivity index (χ0v) is 29.9. The van der Waals surface area contributed by atoms with Crippen molar-refractivity contribution in [3.05, 3.63) is 109 Å². The second kappa shape index (κ2) is 22.9. The van der Waals surface area contributed by atoms with Crippen LogP contribution in [0.1, 0.15) is 67.0 Å². The fourth-order valence-electron chi connectivity index (χ4n) is 2.21. The molecule has 0 radical (unpaired) electrons. The first-order valence-corrected chi connectivity index (χ1v) is 17.3. The Morgan fingerprint density at radius 2 is 1.20 bits per heavy atom. The molecule has 0 heterocycles. The number of hydrogen-bond acceptors (Lipinski definition) is 7. The average molecular weight is 667 g/mol. The quantitative estimate of drug-likeness (QED) is 0.190. The molecule has 7 heteroatoms. The number of benzene rings is 2. The highest BCUT2D eigenvalue weighted by atomic mass is 32.2. The predicted octanol–water partition coefficient (Wildman–Crippen LogP) is 12.5. The van der Waals surface area contributed by atoms with Crippen LogP contribution < -0.4 is 0 Å². The summed E-state index contributed by atoms with van der Waals surface area (Å²) in [5, 5.41) is 0.851. The van der Waals surface area contributed by atoms with Crippen LogP contribution in [0.4, 0.5) is 0 Å². The van der Waals surface area contributed by atoms with Crippen LogP contribution >= 0.6 is 83.7 Å². The zero-order chi connectivity index (χ0) is 30.0. The van der Waals surface area contributed by atoms with Gasteiger partial charge in [0.25, 0.3) is 0 Å². The summed E-state index contributed by atoms with van der Waals surface area (Å²) in [6.45, 7) is 26.3. The van der Waals surface area contributed by atoms with Gasteiger partial charge in [0.2, 0.25) is 0 Å². The molecular formula is C33H46S7. The first-order valence-electron chi connectivity index (χ1n) is 12.6. The van der Waals surface area contributed by atoms with E-state index in [1.807, 2.05) is 80.6 Å². The highest BCUT2D eigenvalue weighted by Gasteiger charge is 2.17. The van der Waals surface area contributed by atoms with Crippen molar-refractivity contribution in [1.82, 2.24) is 0 Å². The molecule has 0 spiro atoms. The Bertz CT molecular complexity index is 1070. The minimum atomic E-state index is 0. The molecular weight excluding hydrogens is 621 g/mol. The molecule has 0 nitrogen and oxygen atoms in total. The third kappa shape index (κ3) is 19.5. The normalized spacial score (nSPS) is 11.6. The molecule has 0 amide bonds. The van der Waals surface area contributed by atoms with E-state index in [2.05, 4.69) is 54.4 Å². The third-order valence-corrected chi connectivity index (χ3v) is 11.2. The van der Waals surface area contributed by atoms with Gasteiger partial charge in [-0.1, -0.05) is 142 Å². The van der Waals surface area contributed by atoms with E-state index in [0.717, 1.165) is 34.4 Å². The summed E-state index contributed by atoms with van der Waals surface area (Å²) in [5.74, 6) is 1.06. The van der Waals surface area contributed by atoms with E-state index in [-0.39, 0.29) is 12.2 Å². The second-order valence-corrected chi connectivity index (χ2v) is 17.3. The van der Waals surface area contributed by atoms with Crippen LogP contribution in [0, 0.1) is 0 Å². The molecule has 0 saturated heterocycles. The topological polar surface area (TPSA) is 0 Å². The van der Waals surface area contributed by atoms with Crippen LogP contribution in [0.3, 0.4) is 0 Å². The molecule has 220 valence electrons. The molecule has 0 aromatic heterocycles. The Morgan fingerprint density at radius 1 is 0.800 bits per heavy atom. The summed E-state index contributed by atoms with van der Waals surface area (Å²) in [6, 6.07) is 20.2. The van der Waals surface area contributed by atoms with Gasteiger partial charge in [0.05, 0.1) is 8.39 Å². The number of hydrogen-bond donors (Lipinski definition) is 0. The minimum Gasteiger partial charge on any atom is -0.108 e. The van der Waals surface area contributed by atoms with Gasteiger partial charge >= 0.3 is 0 Å². The summed E-state index contributed by atoms with van der Waals surface area (Å²) in [5.41, 5.74) is 4.59. The Kier molecular flexibility index (Phi) is 23.7. The van der Waals surface area contributed by atoms with E-state index in [9.17, 15) is 0 Å². The van der Waals surface area contributed by atoms with Crippen molar-refractivity contribution in [3.8, 4) is 0 Å². The third-order valence-electron chi connectivity index (χ3n) is 5.07. The molecule has 2 rings (SSSR count). The standard InChI is InChI=1S/2C12H14S2.C8H14S3.CH4/c1-9(2)10(3)14-12(13)11-7-5-4-6-8-11;1-4-12(2,3)14-11(13)10-8-6-5-7-9-10;1-5-10-8(9)11-7(4)6(2)3;/h4-8,10H,1H2,2-3H3;4-9H,1H2,2-3H3;7H,2,5H2,1,3-4H3;1H4. The van der Waals surface area contributed by atoms with Gasteiger partial charge in [0.15, 0.2) is 0 Å². The van der Waals surface area contributed by atoms with Crippen LogP contribution in [0.15, 0.2) is 97.6 Å². The molecule has 40 heavy (non-hydrogen) atoms. The molecule has 2 atom stereocenters. The molecule has 2 unspecified atom stereocenters. The highest BCUT2D eigenvalue weighted by molar-refractivity contribution is 8.47. The van der Waals surface area contributed by atoms with Gasteiger partial charge in [-0.15, -0.1) is 53.6 Å². The summed E-state index contributed by atoms with van der Waals surface area (Å²) < 4.78 is 2.91. The number of thioether (sulfide) groups is 4. The number of rotatable bonds is 9. The highest BCUT2D eigenvalue weighted by Crippen LogP contribution is 2.29. The summed E-state index contributed by atoms with van der Waals surface area (Å²) in [4.78, 5) is 0. The van der Waals surface area contributed by atoms with Crippen molar-refractivity contribution >= 4 is 95.6 Å². The lowest BCUT2D eigenvalue weighted by atomic mass is 10.2. The van der Waals surface area contributed by atoms with E-state index >= 15 is 0 Å². The Balaban J connectivity index is 0. The molecule has 0 aliphatic heterocycles. The van der Waals surface area contributed by atoms with Gasteiger partial charge in [-0.05, 0) is 58.4 Å². The fourth-order valence-corrected chi connectivity index (χ4v) is 7.74. The lowest BCUT2D eigenvalue weighted by Gasteiger charge is -2.19. The summed E-state index contributed by atoms with van der Waals surface area (Å²) in [7, 11) is 0. The maximum atomic E-state index is 5.35. The molecule has 0 aliphatic rings. The van der Waals surface area contributed by atoms with Crippen LogP contribution in [0.5, 0.6) is 0 Å². The smallest absolute Gasteiger partial charge is 0.104 e. The molecule has 0 aliphatic carbocycles. The maximum absolute atomic E-state index is 5.35. The van der Waals surface area contributed by atoms with Crippen molar-refractivity contribution in [2.24, 2.45) is 0 Å². The van der Waals surface area contributed by atoms with Crippen LogP contribution in [0.2, 0.25) is 0 Å². The minimum absolute atomic E-state index is 0. The van der Waals surface area contributed by atoms with Crippen molar-refractivity contribution in [3.63, 3.8) is 0 Å². The van der Waals surface area contributed by atoms with Crippen molar-refractivity contribution in [1.29, 1.82) is 0 Å². The molecule has 0 fully saturated rings. The number of thiocarbonyl (C=S) groups is 3. The van der Waals surface area contributed by atoms with E-state index in [4.69, 9.17) is 36.7 Å². The Morgan fingerprint density at radius 3 is 1.57 bits per heavy atom. The van der Waals surface area contributed by atoms with Gasteiger partial charge in [-0.25, -0.2) is 0 Å².